The maximum Gasteiger partial charge on any atom is 0.141 e. The standard InChI is InChI=1S/C12H14ClFN4/c1-7(10-4-3-9(14)5-11(10)13)17-8(2)12-15-6-16-18-12/h3-8,17H,1-2H3,(H,15,16,18). The van der Waals surface area contributed by atoms with Crippen molar-refractivity contribution in [2.75, 3.05) is 0 Å². The predicted octanol–water partition coefficient (Wildman–Crippen LogP) is 3.01. The molecule has 1 aromatic heterocycles. The average molecular weight is 269 g/mol. The van der Waals surface area contributed by atoms with Gasteiger partial charge in [-0.15, -0.1) is 0 Å². The fourth-order valence-electron chi connectivity index (χ4n) is 1.82. The molecule has 2 aromatic rings. The van der Waals surface area contributed by atoms with Gasteiger partial charge in [-0.05, 0) is 31.5 Å². The Labute approximate surface area is 110 Å². The van der Waals surface area contributed by atoms with Crippen LogP contribution < -0.4 is 5.32 Å². The number of hydrogen-bond acceptors (Lipinski definition) is 3. The van der Waals surface area contributed by atoms with Gasteiger partial charge in [0.25, 0.3) is 0 Å². The Morgan fingerprint density at radius 1 is 1.33 bits per heavy atom. The van der Waals surface area contributed by atoms with Gasteiger partial charge < -0.3 is 5.32 Å². The van der Waals surface area contributed by atoms with E-state index in [-0.39, 0.29) is 17.9 Å². The van der Waals surface area contributed by atoms with Crippen LogP contribution in [0.25, 0.3) is 0 Å². The molecule has 2 unspecified atom stereocenters. The molecule has 0 aliphatic rings. The summed E-state index contributed by atoms with van der Waals surface area (Å²) < 4.78 is 13.0. The van der Waals surface area contributed by atoms with E-state index in [1.807, 2.05) is 13.8 Å². The first-order valence-corrected chi connectivity index (χ1v) is 6.02. The van der Waals surface area contributed by atoms with Crippen molar-refractivity contribution < 1.29 is 4.39 Å². The van der Waals surface area contributed by atoms with Crippen LogP contribution in [-0.4, -0.2) is 15.2 Å². The van der Waals surface area contributed by atoms with Crippen molar-refractivity contribution in [1.82, 2.24) is 20.5 Å². The third kappa shape index (κ3) is 2.86. The largest absolute Gasteiger partial charge is 0.301 e. The van der Waals surface area contributed by atoms with E-state index in [1.54, 1.807) is 6.07 Å². The second kappa shape index (κ2) is 5.46. The van der Waals surface area contributed by atoms with E-state index in [0.29, 0.717) is 5.02 Å². The molecule has 0 fully saturated rings. The molecule has 4 nitrogen and oxygen atoms in total. The van der Waals surface area contributed by atoms with Crippen LogP contribution in [-0.2, 0) is 0 Å². The van der Waals surface area contributed by atoms with Gasteiger partial charge in [0, 0.05) is 11.1 Å². The number of hydrogen-bond donors (Lipinski definition) is 2. The number of aromatic amines is 1. The van der Waals surface area contributed by atoms with E-state index in [2.05, 4.69) is 20.5 Å². The molecule has 96 valence electrons. The van der Waals surface area contributed by atoms with Crippen LogP contribution in [0.5, 0.6) is 0 Å². The number of H-pyrrole nitrogens is 1. The lowest BCUT2D eigenvalue weighted by Crippen LogP contribution is -2.23. The second-order valence-electron chi connectivity index (χ2n) is 4.15. The summed E-state index contributed by atoms with van der Waals surface area (Å²) in [4.78, 5) is 4.08. The number of aromatic nitrogens is 3. The maximum absolute atomic E-state index is 13.0. The van der Waals surface area contributed by atoms with Crippen molar-refractivity contribution in [2.24, 2.45) is 0 Å². The van der Waals surface area contributed by atoms with Crippen LogP contribution in [0.4, 0.5) is 4.39 Å². The molecule has 0 aliphatic carbocycles. The van der Waals surface area contributed by atoms with Crippen molar-refractivity contribution >= 4 is 11.6 Å². The minimum atomic E-state index is -0.334. The average Bonchev–Trinajstić information content (AvgIpc) is 2.81. The van der Waals surface area contributed by atoms with Gasteiger partial charge in [-0.1, -0.05) is 17.7 Å². The fourth-order valence-corrected chi connectivity index (χ4v) is 2.15. The summed E-state index contributed by atoms with van der Waals surface area (Å²) in [6.45, 7) is 3.93. The Hall–Kier alpha value is -1.46. The molecule has 6 heteroatoms. The van der Waals surface area contributed by atoms with Crippen molar-refractivity contribution in [3.8, 4) is 0 Å². The van der Waals surface area contributed by atoms with Crippen LogP contribution in [0.2, 0.25) is 5.02 Å². The van der Waals surface area contributed by atoms with Crippen molar-refractivity contribution in [3.05, 3.63) is 46.8 Å². The zero-order valence-electron chi connectivity index (χ0n) is 10.1. The second-order valence-corrected chi connectivity index (χ2v) is 4.55. The molecular formula is C12H14ClFN4. The van der Waals surface area contributed by atoms with Gasteiger partial charge in [-0.3, -0.25) is 5.10 Å². The summed E-state index contributed by atoms with van der Waals surface area (Å²) in [5.74, 6) is 0.416. The van der Waals surface area contributed by atoms with Crippen LogP contribution in [0.3, 0.4) is 0 Å². The number of halogens is 2. The smallest absolute Gasteiger partial charge is 0.141 e. The van der Waals surface area contributed by atoms with E-state index in [4.69, 9.17) is 11.6 Å². The number of rotatable bonds is 4. The summed E-state index contributed by atoms with van der Waals surface area (Å²) in [6.07, 6.45) is 1.46. The molecule has 0 spiro atoms. The lowest BCUT2D eigenvalue weighted by Gasteiger charge is -2.19. The first-order valence-electron chi connectivity index (χ1n) is 5.64. The van der Waals surface area contributed by atoms with E-state index in [9.17, 15) is 4.39 Å². The minimum Gasteiger partial charge on any atom is -0.301 e. The first-order chi connectivity index (χ1) is 8.58. The maximum atomic E-state index is 13.0. The Morgan fingerprint density at radius 2 is 2.11 bits per heavy atom. The highest BCUT2D eigenvalue weighted by atomic mass is 35.5. The van der Waals surface area contributed by atoms with Crippen molar-refractivity contribution in [3.63, 3.8) is 0 Å². The summed E-state index contributed by atoms with van der Waals surface area (Å²) in [5.41, 5.74) is 0.851. The predicted molar refractivity (Wildman–Crippen MR) is 67.8 cm³/mol. The number of nitrogens with zero attached hydrogens (tertiary/aromatic N) is 2. The molecule has 2 rings (SSSR count). The zero-order valence-corrected chi connectivity index (χ0v) is 10.9. The van der Waals surface area contributed by atoms with E-state index < -0.39 is 0 Å². The van der Waals surface area contributed by atoms with Gasteiger partial charge in [0.05, 0.1) is 6.04 Å². The number of nitrogens with one attached hydrogen (secondary N) is 2. The highest BCUT2D eigenvalue weighted by Gasteiger charge is 2.15. The van der Waals surface area contributed by atoms with Crippen LogP contribution in [0.1, 0.15) is 37.3 Å². The van der Waals surface area contributed by atoms with E-state index in [0.717, 1.165) is 11.4 Å². The van der Waals surface area contributed by atoms with Gasteiger partial charge in [0.15, 0.2) is 0 Å². The van der Waals surface area contributed by atoms with E-state index >= 15 is 0 Å². The molecule has 0 bridgehead atoms. The van der Waals surface area contributed by atoms with Crippen molar-refractivity contribution in [1.29, 1.82) is 0 Å². The Morgan fingerprint density at radius 3 is 2.72 bits per heavy atom. The normalized spacial score (nSPS) is 14.4. The summed E-state index contributed by atoms with van der Waals surface area (Å²) in [5, 5.41) is 10.3. The van der Waals surface area contributed by atoms with Gasteiger partial charge in [-0.25, -0.2) is 9.37 Å². The minimum absolute atomic E-state index is 0.00335. The van der Waals surface area contributed by atoms with Gasteiger partial charge in [0.2, 0.25) is 0 Å². The highest BCUT2D eigenvalue weighted by Crippen LogP contribution is 2.25. The Balaban J connectivity index is 2.10. The molecule has 1 aromatic carbocycles. The molecule has 2 atom stereocenters. The van der Waals surface area contributed by atoms with Crippen LogP contribution in [0.15, 0.2) is 24.5 Å². The quantitative estimate of drug-likeness (QED) is 0.896. The first kappa shape index (κ1) is 13.0. The molecule has 1 heterocycles. The molecule has 0 amide bonds. The Kier molecular flexibility index (Phi) is 3.93. The van der Waals surface area contributed by atoms with Crippen LogP contribution >= 0.6 is 11.6 Å². The molecule has 18 heavy (non-hydrogen) atoms. The van der Waals surface area contributed by atoms with E-state index in [1.165, 1.54) is 18.5 Å². The summed E-state index contributed by atoms with van der Waals surface area (Å²) >= 11 is 6.02. The summed E-state index contributed by atoms with van der Waals surface area (Å²) in [6, 6.07) is 4.39. The topological polar surface area (TPSA) is 53.6 Å². The SMILES string of the molecule is CC(NC(C)c1ccc(F)cc1Cl)c1ncn[nH]1. The van der Waals surface area contributed by atoms with Gasteiger partial charge in [-0.2, -0.15) is 5.10 Å². The molecule has 0 saturated carbocycles. The monoisotopic (exact) mass is 268 g/mol. The lowest BCUT2D eigenvalue weighted by atomic mass is 10.1. The van der Waals surface area contributed by atoms with Gasteiger partial charge >= 0.3 is 0 Å². The summed E-state index contributed by atoms with van der Waals surface area (Å²) in [7, 11) is 0. The zero-order chi connectivity index (χ0) is 13.1. The molecule has 0 saturated heterocycles. The number of benzene rings is 1. The molecule has 2 N–H and O–H groups in total. The highest BCUT2D eigenvalue weighted by molar-refractivity contribution is 6.31. The third-order valence-electron chi connectivity index (χ3n) is 2.77. The third-order valence-corrected chi connectivity index (χ3v) is 3.10. The van der Waals surface area contributed by atoms with Crippen molar-refractivity contribution in [2.45, 2.75) is 25.9 Å². The van der Waals surface area contributed by atoms with Crippen LogP contribution in [0, 0.1) is 5.82 Å². The molecule has 0 aliphatic heterocycles. The molecule has 0 radical (unpaired) electrons. The Bertz CT molecular complexity index is 515. The lowest BCUT2D eigenvalue weighted by molar-refractivity contribution is 0.477. The molecular weight excluding hydrogens is 255 g/mol. The fraction of sp³-hybridized carbons (Fsp3) is 0.333. The van der Waals surface area contributed by atoms with Gasteiger partial charge in [0.1, 0.15) is 18.0 Å².